The van der Waals surface area contributed by atoms with Gasteiger partial charge in [-0.15, -0.1) is 0 Å². The van der Waals surface area contributed by atoms with Crippen LogP contribution in [0, 0.1) is 0 Å². The zero-order chi connectivity index (χ0) is 10.5. The molecule has 2 amide bonds. The number of fused-ring (bicyclic) bond motifs is 1. The van der Waals surface area contributed by atoms with Crippen LogP contribution in [0.4, 0.5) is 0 Å². The maximum atomic E-state index is 11.9. The van der Waals surface area contributed by atoms with Gasteiger partial charge < -0.3 is 9.80 Å². The monoisotopic (exact) mass is 196 g/mol. The van der Waals surface area contributed by atoms with Gasteiger partial charge in [-0.1, -0.05) is 0 Å². The fourth-order valence-electron chi connectivity index (χ4n) is 2.41. The average Bonchev–Trinajstić information content (AvgIpc) is 2.54. The maximum Gasteiger partial charge on any atom is 0.245 e. The van der Waals surface area contributed by atoms with Crippen LogP contribution in [0.3, 0.4) is 0 Å². The Hall–Kier alpha value is -1.06. The van der Waals surface area contributed by atoms with E-state index in [0.717, 1.165) is 12.8 Å². The normalized spacial score (nSPS) is 37.8. The topological polar surface area (TPSA) is 40.6 Å². The summed E-state index contributed by atoms with van der Waals surface area (Å²) in [6, 6.07) is -0.245. The Labute approximate surface area is 83.9 Å². The molecule has 0 bridgehead atoms. The van der Waals surface area contributed by atoms with Crippen LogP contribution in [0.2, 0.25) is 0 Å². The van der Waals surface area contributed by atoms with Crippen LogP contribution >= 0.6 is 0 Å². The first-order chi connectivity index (χ1) is 6.54. The van der Waals surface area contributed by atoms with Crippen LogP contribution < -0.4 is 0 Å². The number of nitrogens with zero attached hydrogens (tertiary/aromatic N) is 2. The average molecular weight is 196 g/mol. The molecule has 0 radical (unpaired) electrons. The van der Waals surface area contributed by atoms with Crippen LogP contribution in [0.25, 0.3) is 0 Å². The SMILES string of the molecule is CC1C(=O)N2C(C)CCC2C(=O)N1C. The fraction of sp³-hybridized carbons (Fsp3) is 0.800. The quantitative estimate of drug-likeness (QED) is 0.556. The predicted octanol–water partition coefficient (Wildman–Crippen LogP) is 0.226. The van der Waals surface area contributed by atoms with Crippen LogP contribution in [0.15, 0.2) is 0 Å². The molecule has 4 nitrogen and oxygen atoms in total. The molecule has 14 heavy (non-hydrogen) atoms. The van der Waals surface area contributed by atoms with Gasteiger partial charge in [0.25, 0.3) is 0 Å². The summed E-state index contributed by atoms with van der Waals surface area (Å²) in [6.45, 7) is 3.81. The first kappa shape index (κ1) is 9.49. The van der Waals surface area contributed by atoms with Crippen LogP contribution in [-0.2, 0) is 9.59 Å². The van der Waals surface area contributed by atoms with Gasteiger partial charge in [-0.25, -0.2) is 0 Å². The van der Waals surface area contributed by atoms with Crippen molar-refractivity contribution >= 4 is 11.8 Å². The molecule has 0 saturated carbocycles. The Morgan fingerprint density at radius 3 is 2.43 bits per heavy atom. The van der Waals surface area contributed by atoms with Crippen LogP contribution in [0.1, 0.15) is 26.7 Å². The number of likely N-dealkylation sites (N-methyl/N-ethyl adjacent to an activating group) is 1. The number of piperazine rings is 1. The van der Waals surface area contributed by atoms with Gasteiger partial charge in [-0.2, -0.15) is 0 Å². The second-order valence-corrected chi connectivity index (χ2v) is 4.31. The predicted molar refractivity (Wildman–Crippen MR) is 51.6 cm³/mol. The minimum Gasteiger partial charge on any atom is -0.332 e. The highest BCUT2D eigenvalue weighted by Crippen LogP contribution is 2.30. The zero-order valence-corrected chi connectivity index (χ0v) is 8.86. The standard InChI is InChI=1S/C10H16N2O2/c1-6-4-5-8-10(14)11(3)7(2)9(13)12(6)8/h6-8H,4-5H2,1-3H3. The molecule has 2 saturated heterocycles. The number of hydrogen-bond acceptors (Lipinski definition) is 2. The molecule has 2 aliphatic heterocycles. The minimum atomic E-state index is -0.292. The lowest BCUT2D eigenvalue weighted by molar-refractivity contribution is -0.158. The minimum absolute atomic E-state index is 0.0986. The van der Waals surface area contributed by atoms with E-state index < -0.39 is 0 Å². The Bertz CT molecular complexity index is 290. The van der Waals surface area contributed by atoms with Crippen molar-refractivity contribution in [2.24, 2.45) is 0 Å². The second-order valence-electron chi connectivity index (χ2n) is 4.31. The van der Waals surface area contributed by atoms with Crippen molar-refractivity contribution in [2.45, 2.75) is 44.8 Å². The Morgan fingerprint density at radius 2 is 1.79 bits per heavy atom. The molecule has 3 atom stereocenters. The molecule has 78 valence electrons. The van der Waals surface area contributed by atoms with E-state index >= 15 is 0 Å². The highest BCUT2D eigenvalue weighted by atomic mass is 16.2. The molecular weight excluding hydrogens is 180 g/mol. The number of hydrogen-bond donors (Lipinski definition) is 0. The number of carbonyl (C=O) groups is 2. The summed E-state index contributed by atoms with van der Waals surface area (Å²) < 4.78 is 0. The molecule has 0 spiro atoms. The van der Waals surface area contributed by atoms with Crippen molar-refractivity contribution in [1.29, 1.82) is 0 Å². The van der Waals surface area contributed by atoms with E-state index in [1.54, 1.807) is 23.8 Å². The summed E-state index contributed by atoms with van der Waals surface area (Å²) in [6.07, 6.45) is 1.77. The molecule has 3 unspecified atom stereocenters. The van der Waals surface area contributed by atoms with Crippen molar-refractivity contribution < 1.29 is 9.59 Å². The lowest BCUT2D eigenvalue weighted by atomic mass is 10.1. The summed E-state index contributed by atoms with van der Waals surface area (Å²) >= 11 is 0. The summed E-state index contributed by atoms with van der Waals surface area (Å²) in [5, 5.41) is 0. The summed E-state index contributed by atoms with van der Waals surface area (Å²) in [5.74, 6) is 0.198. The van der Waals surface area contributed by atoms with Gasteiger partial charge in [0, 0.05) is 13.1 Å². The largest absolute Gasteiger partial charge is 0.332 e. The summed E-state index contributed by atoms with van der Waals surface area (Å²) in [7, 11) is 1.71. The van der Waals surface area contributed by atoms with Gasteiger partial charge in [0.2, 0.25) is 11.8 Å². The molecule has 4 heteroatoms. The molecular formula is C10H16N2O2. The van der Waals surface area contributed by atoms with Gasteiger partial charge in [-0.05, 0) is 26.7 Å². The van der Waals surface area contributed by atoms with Crippen molar-refractivity contribution in [2.75, 3.05) is 7.05 Å². The first-order valence-corrected chi connectivity index (χ1v) is 5.13. The van der Waals surface area contributed by atoms with Gasteiger partial charge >= 0.3 is 0 Å². The maximum absolute atomic E-state index is 11.9. The number of carbonyl (C=O) groups excluding carboxylic acids is 2. The van der Waals surface area contributed by atoms with E-state index in [9.17, 15) is 9.59 Å². The Balaban J connectivity index is 2.32. The highest BCUT2D eigenvalue weighted by Gasteiger charge is 2.47. The van der Waals surface area contributed by atoms with Crippen molar-refractivity contribution in [3.63, 3.8) is 0 Å². The van der Waals surface area contributed by atoms with Gasteiger partial charge in [-0.3, -0.25) is 9.59 Å². The van der Waals surface area contributed by atoms with Crippen molar-refractivity contribution in [1.82, 2.24) is 9.80 Å². The van der Waals surface area contributed by atoms with Crippen molar-refractivity contribution in [3.05, 3.63) is 0 Å². The van der Waals surface area contributed by atoms with Gasteiger partial charge in [0.1, 0.15) is 12.1 Å². The lowest BCUT2D eigenvalue weighted by Crippen LogP contribution is -2.61. The fourth-order valence-corrected chi connectivity index (χ4v) is 2.41. The third kappa shape index (κ3) is 1.06. The summed E-state index contributed by atoms with van der Waals surface area (Å²) in [5.41, 5.74) is 0. The summed E-state index contributed by atoms with van der Waals surface area (Å²) in [4.78, 5) is 27.1. The van der Waals surface area contributed by atoms with Crippen LogP contribution in [-0.4, -0.2) is 46.8 Å². The molecule has 0 aromatic rings. The van der Waals surface area contributed by atoms with Crippen molar-refractivity contribution in [3.8, 4) is 0 Å². The molecule has 2 fully saturated rings. The third-order valence-corrected chi connectivity index (χ3v) is 3.49. The van der Waals surface area contributed by atoms with E-state index in [0.29, 0.717) is 0 Å². The van der Waals surface area contributed by atoms with E-state index in [4.69, 9.17) is 0 Å². The highest BCUT2D eigenvalue weighted by molar-refractivity contribution is 5.97. The lowest BCUT2D eigenvalue weighted by Gasteiger charge is -2.40. The molecule has 0 aromatic heterocycles. The molecule has 2 aliphatic rings. The Morgan fingerprint density at radius 1 is 1.14 bits per heavy atom. The first-order valence-electron chi connectivity index (χ1n) is 5.13. The van der Waals surface area contributed by atoms with Gasteiger partial charge in [0.15, 0.2) is 0 Å². The molecule has 0 N–H and O–H groups in total. The number of amides is 2. The van der Waals surface area contributed by atoms with E-state index in [-0.39, 0.29) is 29.9 Å². The number of rotatable bonds is 0. The molecule has 0 aliphatic carbocycles. The van der Waals surface area contributed by atoms with E-state index in [1.165, 1.54) is 0 Å². The van der Waals surface area contributed by atoms with E-state index in [2.05, 4.69) is 0 Å². The van der Waals surface area contributed by atoms with Gasteiger partial charge in [0.05, 0.1) is 0 Å². The molecule has 2 heterocycles. The Kier molecular flexibility index (Phi) is 2.01. The molecule has 0 aromatic carbocycles. The zero-order valence-electron chi connectivity index (χ0n) is 8.86. The van der Waals surface area contributed by atoms with E-state index in [1.807, 2.05) is 6.92 Å². The smallest absolute Gasteiger partial charge is 0.245 e. The third-order valence-electron chi connectivity index (χ3n) is 3.49. The second kappa shape index (κ2) is 2.97. The molecule has 2 rings (SSSR count). The van der Waals surface area contributed by atoms with Crippen LogP contribution in [0.5, 0.6) is 0 Å².